The summed E-state index contributed by atoms with van der Waals surface area (Å²) >= 11 is 0. The monoisotopic (exact) mass is 255 g/mol. The Morgan fingerprint density at radius 3 is 2.00 bits per heavy atom. The Morgan fingerprint density at radius 2 is 1.62 bits per heavy atom. The normalized spacial score (nSPS) is 12.2. The molecule has 9 heteroatoms. The first-order chi connectivity index (χ1) is 7.26. The molecule has 88 valence electrons. The maximum Gasteiger partial charge on any atom is 0.534 e. The van der Waals surface area contributed by atoms with Crippen molar-refractivity contribution < 1.29 is 25.8 Å². The first kappa shape index (κ1) is 12.4. The van der Waals surface area contributed by atoms with Gasteiger partial charge in [0.25, 0.3) is 0 Å². The van der Waals surface area contributed by atoms with E-state index in [0.29, 0.717) is 0 Å². The average Bonchev–Trinajstić information content (AvgIpc) is 2.16. The molecule has 0 aliphatic heterocycles. The molecule has 0 bridgehead atoms. The number of benzene rings is 1. The van der Waals surface area contributed by atoms with Crippen molar-refractivity contribution >= 4 is 15.8 Å². The fourth-order valence-corrected chi connectivity index (χ4v) is 1.20. The summed E-state index contributed by atoms with van der Waals surface area (Å²) in [5, 5.41) is 2.48. The molecule has 0 unspecified atom stereocenters. The standard InChI is InChI=1S/C7H4F3NO4S/c8-7(9,10)16(13,14)15-6-3-1-5(11-12)2-4-6/h1-4H. The minimum atomic E-state index is -5.68. The van der Waals surface area contributed by atoms with Gasteiger partial charge >= 0.3 is 15.6 Å². The molecule has 0 fully saturated rings. The van der Waals surface area contributed by atoms with Crippen LogP contribution < -0.4 is 4.18 Å². The van der Waals surface area contributed by atoms with E-state index in [0.717, 1.165) is 24.3 Å². The summed E-state index contributed by atoms with van der Waals surface area (Å²) < 4.78 is 60.5. The second-order valence-corrected chi connectivity index (χ2v) is 4.11. The minimum absolute atomic E-state index is 0.0586. The zero-order valence-corrected chi connectivity index (χ0v) is 8.25. The lowest BCUT2D eigenvalue weighted by Gasteiger charge is -2.08. The van der Waals surface area contributed by atoms with Crippen molar-refractivity contribution in [1.29, 1.82) is 0 Å². The lowest BCUT2D eigenvalue weighted by molar-refractivity contribution is -0.0500. The van der Waals surface area contributed by atoms with Crippen molar-refractivity contribution in [3.63, 3.8) is 0 Å². The van der Waals surface area contributed by atoms with E-state index in [9.17, 15) is 26.5 Å². The van der Waals surface area contributed by atoms with Gasteiger partial charge in [-0.15, -0.1) is 4.91 Å². The number of halogens is 3. The summed E-state index contributed by atoms with van der Waals surface area (Å²) in [5.41, 5.74) is -5.55. The Balaban J connectivity index is 2.93. The van der Waals surface area contributed by atoms with Crippen LogP contribution in [-0.2, 0) is 10.1 Å². The lowest BCUT2D eigenvalue weighted by Crippen LogP contribution is -2.27. The summed E-state index contributed by atoms with van der Waals surface area (Å²) in [5.74, 6) is -0.551. The molecule has 0 atom stereocenters. The highest BCUT2D eigenvalue weighted by Crippen LogP contribution is 2.27. The van der Waals surface area contributed by atoms with Gasteiger partial charge in [-0.3, -0.25) is 0 Å². The molecule has 5 nitrogen and oxygen atoms in total. The molecule has 0 saturated carbocycles. The SMILES string of the molecule is O=Nc1ccc(OS(=O)(=O)C(F)(F)F)cc1. The molecule has 0 aromatic heterocycles. The molecule has 0 radical (unpaired) electrons. The maximum atomic E-state index is 11.9. The van der Waals surface area contributed by atoms with E-state index in [1.807, 2.05) is 0 Å². The topological polar surface area (TPSA) is 72.8 Å². The molecule has 0 heterocycles. The Hall–Kier alpha value is -1.64. The van der Waals surface area contributed by atoms with Crippen LogP contribution in [0.3, 0.4) is 0 Å². The third-order valence-electron chi connectivity index (χ3n) is 1.43. The van der Waals surface area contributed by atoms with Crippen LogP contribution in [-0.4, -0.2) is 13.9 Å². The van der Waals surface area contributed by atoms with E-state index in [1.165, 1.54) is 0 Å². The number of nitroso groups, excluding NO2 is 1. The van der Waals surface area contributed by atoms with Crippen molar-refractivity contribution in [3.8, 4) is 5.75 Å². The van der Waals surface area contributed by atoms with Crippen LogP contribution in [0.25, 0.3) is 0 Å². The van der Waals surface area contributed by atoms with Gasteiger partial charge in [0.2, 0.25) is 0 Å². The Morgan fingerprint density at radius 1 is 1.12 bits per heavy atom. The Labute approximate surface area is 87.9 Å². The molecule has 16 heavy (non-hydrogen) atoms. The Kier molecular flexibility index (Phi) is 3.17. The summed E-state index contributed by atoms with van der Waals surface area (Å²) in [6.45, 7) is 0. The van der Waals surface area contributed by atoms with Crippen molar-refractivity contribution in [2.45, 2.75) is 5.51 Å². The highest BCUT2D eigenvalue weighted by atomic mass is 32.2. The molecule has 0 aliphatic rings. The molecule has 0 amide bonds. The third kappa shape index (κ3) is 2.69. The molecule has 1 aromatic carbocycles. The van der Waals surface area contributed by atoms with Gasteiger partial charge in [-0.25, -0.2) is 0 Å². The van der Waals surface area contributed by atoms with Gasteiger partial charge in [0.05, 0.1) is 0 Å². The smallest absolute Gasteiger partial charge is 0.376 e. The summed E-state index contributed by atoms with van der Waals surface area (Å²) in [6, 6.07) is 3.82. The minimum Gasteiger partial charge on any atom is -0.376 e. The highest BCUT2D eigenvalue weighted by Gasteiger charge is 2.48. The van der Waals surface area contributed by atoms with Gasteiger partial charge in [-0.1, -0.05) is 0 Å². The van der Waals surface area contributed by atoms with Crippen LogP contribution in [0, 0.1) is 4.91 Å². The van der Waals surface area contributed by atoms with Gasteiger partial charge in [0.15, 0.2) is 0 Å². The van der Waals surface area contributed by atoms with E-state index in [-0.39, 0.29) is 5.69 Å². The summed E-state index contributed by atoms with van der Waals surface area (Å²) in [7, 11) is -5.68. The highest BCUT2D eigenvalue weighted by molar-refractivity contribution is 7.87. The second-order valence-electron chi connectivity index (χ2n) is 2.57. The number of alkyl halides is 3. The van der Waals surface area contributed by atoms with Crippen LogP contribution in [0.1, 0.15) is 0 Å². The molecule has 0 saturated heterocycles. The average molecular weight is 255 g/mol. The number of rotatable bonds is 3. The fourth-order valence-electron chi connectivity index (χ4n) is 0.736. The van der Waals surface area contributed by atoms with E-state index < -0.39 is 21.4 Å². The third-order valence-corrected chi connectivity index (χ3v) is 2.41. The Bertz CT molecular complexity index is 479. The molecule has 0 aliphatic carbocycles. The van der Waals surface area contributed by atoms with Gasteiger partial charge in [0.1, 0.15) is 11.4 Å². The maximum absolute atomic E-state index is 11.9. The van der Waals surface area contributed by atoms with Crippen LogP contribution in [0.2, 0.25) is 0 Å². The van der Waals surface area contributed by atoms with Crippen molar-refractivity contribution in [2.24, 2.45) is 5.18 Å². The molecule has 1 aromatic rings. The van der Waals surface area contributed by atoms with Crippen molar-refractivity contribution in [1.82, 2.24) is 0 Å². The summed E-state index contributed by atoms with van der Waals surface area (Å²) in [4.78, 5) is 9.97. The van der Waals surface area contributed by atoms with E-state index in [2.05, 4.69) is 9.36 Å². The quantitative estimate of drug-likeness (QED) is 0.472. The molecular weight excluding hydrogens is 251 g/mol. The summed E-state index contributed by atoms with van der Waals surface area (Å²) in [6.07, 6.45) is 0. The van der Waals surface area contributed by atoms with Gasteiger partial charge in [0, 0.05) is 0 Å². The van der Waals surface area contributed by atoms with E-state index in [1.54, 1.807) is 0 Å². The zero-order chi connectivity index (χ0) is 12.4. The molecule has 0 N–H and O–H groups in total. The van der Waals surface area contributed by atoms with Crippen molar-refractivity contribution in [3.05, 3.63) is 29.2 Å². The zero-order valence-electron chi connectivity index (χ0n) is 7.43. The number of nitrogens with zero attached hydrogens (tertiary/aromatic N) is 1. The van der Waals surface area contributed by atoms with Gasteiger partial charge in [-0.05, 0) is 29.4 Å². The predicted octanol–water partition coefficient (Wildman–Crippen LogP) is 2.31. The van der Waals surface area contributed by atoms with Crippen LogP contribution >= 0.6 is 0 Å². The molecular formula is C7H4F3NO4S. The number of hydrogen-bond donors (Lipinski definition) is 0. The van der Waals surface area contributed by atoms with Crippen LogP contribution in [0.15, 0.2) is 29.4 Å². The van der Waals surface area contributed by atoms with Crippen LogP contribution in [0.4, 0.5) is 18.9 Å². The largest absolute Gasteiger partial charge is 0.534 e. The first-order valence-corrected chi connectivity index (χ1v) is 5.11. The van der Waals surface area contributed by atoms with Gasteiger partial charge in [-0.2, -0.15) is 21.6 Å². The molecule has 1 rings (SSSR count). The second kappa shape index (κ2) is 4.08. The van der Waals surface area contributed by atoms with Crippen molar-refractivity contribution in [2.75, 3.05) is 0 Å². The molecule has 0 spiro atoms. The number of hydrogen-bond acceptors (Lipinski definition) is 5. The fraction of sp³-hybridized carbons (Fsp3) is 0.143. The first-order valence-electron chi connectivity index (χ1n) is 3.70. The van der Waals surface area contributed by atoms with E-state index >= 15 is 0 Å². The van der Waals surface area contributed by atoms with Crippen LogP contribution in [0.5, 0.6) is 5.75 Å². The lowest BCUT2D eigenvalue weighted by atomic mass is 10.3. The van der Waals surface area contributed by atoms with Gasteiger partial charge < -0.3 is 4.18 Å². The van der Waals surface area contributed by atoms with E-state index in [4.69, 9.17) is 0 Å². The predicted molar refractivity (Wildman–Crippen MR) is 47.5 cm³/mol.